The summed E-state index contributed by atoms with van der Waals surface area (Å²) in [5.41, 5.74) is 0. The molecule has 2 amide bonds. The Balaban J connectivity index is 2.71. The number of nitrogens with zero attached hydrogens (tertiary/aromatic N) is 4. The van der Waals surface area contributed by atoms with Gasteiger partial charge in [-0.25, -0.2) is 0 Å². The van der Waals surface area contributed by atoms with Gasteiger partial charge in [0.2, 0.25) is 11.8 Å². The number of hydrogen-bond donors (Lipinski definition) is 0. The molecule has 0 unspecified atom stereocenters. The number of amides is 2. The van der Waals surface area contributed by atoms with E-state index in [0.717, 1.165) is 0 Å². The van der Waals surface area contributed by atoms with Crippen LogP contribution in [0.25, 0.3) is 0 Å². The summed E-state index contributed by atoms with van der Waals surface area (Å²) < 4.78 is 0. The summed E-state index contributed by atoms with van der Waals surface area (Å²) in [6.07, 6.45) is 0. The van der Waals surface area contributed by atoms with E-state index in [1.807, 2.05) is 0 Å². The summed E-state index contributed by atoms with van der Waals surface area (Å²) in [5.74, 6) is -0.0508. The molecule has 0 aromatic carbocycles. The summed E-state index contributed by atoms with van der Waals surface area (Å²) in [7, 11) is 3.56. The third-order valence-corrected chi connectivity index (χ3v) is 2.23. The fraction of sp³-hybridized carbons (Fsp3) is 0.750. The Morgan fingerprint density at radius 1 is 0.857 bits per heavy atom. The maximum atomic E-state index is 11.2. The molecule has 0 aromatic heterocycles. The van der Waals surface area contributed by atoms with E-state index in [2.05, 4.69) is 0 Å². The molecule has 0 aliphatic carbocycles. The number of rotatable bonds is 0. The van der Waals surface area contributed by atoms with Crippen LogP contribution in [0.2, 0.25) is 0 Å². The minimum Gasteiger partial charge on any atom is -0.274 e. The van der Waals surface area contributed by atoms with Crippen LogP contribution in [-0.4, -0.2) is 59.3 Å². The van der Waals surface area contributed by atoms with Crippen molar-refractivity contribution in [1.29, 1.82) is 0 Å². The van der Waals surface area contributed by atoms with E-state index in [4.69, 9.17) is 0 Å². The van der Waals surface area contributed by atoms with E-state index < -0.39 is 0 Å². The van der Waals surface area contributed by atoms with Gasteiger partial charge in [-0.15, -0.1) is 0 Å². The first-order chi connectivity index (χ1) is 6.43. The summed E-state index contributed by atoms with van der Waals surface area (Å²) in [4.78, 5) is 22.4. The molecule has 0 spiro atoms. The first-order valence-corrected chi connectivity index (χ1v) is 4.41. The Hall–Kier alpha value is -1.14. The standard InChI is InChI=1S/C8H16N4O2/c1-7(13)11-5-10(4)12(8(2)14)6-9(11)3/h5-6H2,1-4H3. The molecule has 1 aliphatic heterocycles. The molecule has 0 aromatic rings. The van der Waals surface area contributed by atoms with Gasteiger partial charge in [-0.1, -0.05) is 0 Å². The Kier molecular flexibility index (Phi) is 3.07. The van der Waals surface area contributed by atoms with Gasteiger partial charge in [0.1, 0.15) is 13.3 Å². The first kappa shape index (κ1) is 10.9. The van der Waals surface area contributed by atoms with Gasteiger partial charge in [-0.2, -0.15) is 10.0 Å². The molecule has 0 radical (unpaired) electrons. The van der Waals surface area contributed by atoms with Crippen LogP contribution >= 0.6 is 0 Å². The molecule has 14 heavy (non-hydrogen) atoms. The predicted molar refractivity (Wildman–Crippen MR) is 50.3 cm³/mol. The molecule has 1 rings (SSSR count). The summed E-state index contributed by atoms with van der Waals surface area (Å²) in [6.45, 7) is 3.83. The lowest BCUT2D eigenvalue weighted by molar-refractivity contribution is -0.208. The number of hydrogen-bond acceptors (Lipinski definition) is 4. The zero-order valence-corrected chi connectivity index (χ0v) is 9.02. The van der Waals surface area contributed by atoms with Crippen molar-refractivity contribution >= 4 is 11.8 Å². The molecule has 0 N–H and O–H groups in total. The van der Waals surface area contributed by atoms with Gasteiger partial charge in [0.05, 0.1) is 0 Å². The summed E-state index contributed by atoms with van der Waals surface area (Å²) in [6, 6.07) is 0. The highest BCUT2D eigenvalue weighted by Crippen LogP contribution is 2.09. The topological polar surface area (TPSA) is 47.1 Å². The van der Waals surface area contributed by atoms with E-state index in [9.17, 15) is 9.59 Å². The van der Waals surface area contributed by atoms with Crippen LogP contribution in [0.5, 0.6) is 0 Å². The number of carbonyl (C=O) groups is 2. The molecule has 80 valence electrons. The summed E-state index contributed by atoms with van der Waals surface area (Å²) in [5, 5.41) is 6.62. The third-order valence-electron chi connectivity index (χ3n) is 2.23. The second kappa shape index (κ2) is 3.93. The third kappa shape index (κ3) is 2.02. The van der Waals surface area contributed by atoms with Crippen LogP contribution < -0.4 is 0 Å². The maximum Gasteiger partial charge on any atom is 0.235 e. The van der Waals surface area contributed by atoms with E-state index in [1.165, 1.54) is 13.8 Å². The van der Waals surface area contributed by atoms with Gasteiger partial charge in [-0.3, -0.25) is 19.6 Å². The van der Waals surface area contributed by atoms with Crippen molar-refractivity contribution in [3.05, 3.63) is 0 Å². The van der Waals surface area contributed by atoms with Gasteiger partial charge < -0.3 is 0 Å². The lowest BCUT2D eigenvalue weighted by atomic mass is 10.5. The molecule has 6 heteroatoms. The zero-order valence-electron chi connectivity index (χ0n) is 9.02. The van der Waals surface area contributed by atoms with Crippen LogP contribution in [0.15, 0.2) is 0 Å². The smallest absolute Gasteiger partial charge is 0.235 e. The molecule has 0 atom stereocenters. The lowest BCUT2D eigenvalue weighted by Crippen LogP contribution is -2.63. The van der Waals surface area contributed by atoms with E-state index in [1.54, 1.807) is 34.1 Å². The minimum absolute atomic E-state index is 0.0254. The Morgan fingerprint density at radius 2 is 1.14 bits per heavy atom. The molecular formula is C8H16N4O2. The van der Waals surface area contributed by atoms with Crippen molar-refractivity contribution in [2.24, 2.45) is 0 Å². The van der Waals surface area contributed by atoms with Crippen LogP contribution in [0.4, 0.5) is 0 Å². The first-order valence-electron chi connectivity index (χ1n) is 4.41. The van der Waals surface area contributed by atoms with Crippen LogP contribution in [0, 0.1) is 0 Å². The van der Waals surface area contributed by atoms with Gasteiger partial charge >= 0.3 is 0 Å². The Morgan fingerprint density at radius 3 is 1.36 bits per heavy atom. The quantitative estimate of drug-likeness (QED) is 0.519. The fourth-order valence-corrected chi connectivity index (χ4v) is 1.44. The van der Waals surface area contributed by atoms with Crippen molar-refractivity contribution < 1.29 is 9.59 Å². The molecule has 1 heterocycles. The molecule has 1 saturated heterocycles. The van der Waals surface area contributed by atoms with Crippen molar-refractivity contribution in [2.45, 2.75) is 13.8 Å². The molecule has 1 fully saturated rings. The second-order valence-corrected chi connectivity index (χ2v) is 3.44. The molecule has 0 bridgehead atoms. The molecule has 1 aliphatic rings. The van der Waals surface area contributed by atoms with Gasteiger partial charge in [0.25, 0.3) is 0 Å². The van der Waals surface area contributed by atoms with Gasteiger partial charge in [0, 0.05) is 27.9 Å². The SMILES string of the molecule is CC(=O)N1CN(C)N(C(C)=O)CN1C. The van der Waals surface area contributed by atoms with Crippen LogP contribution in [-0.2, 0) is 9.59 Å². The molecule has 0 saturated carbocycles. The highest BCUT2D eigenvalue weighted by molar-refractivity contribution is 5.74. The zero-order chi connectivity index (χ0) is 10.9. The van der Waals surface area contributed by atoms with Gasteiger partial charge in [-0.05, 0) is 0 Å². The normalized spacial score (nSPS) is 20.0. The average Bonchev–Trinajstić information content (AvgIpc) is 2.07. The highest BCUT2D eigenvalue weighted by atomic mass is 16.2. The van der Waals surface area contributed by atoms with Crippen molar-refractivity contribution in [2.75, 3.05) is 27.4 Å². The van der Waals surface area contributed by atoms with Crippen LogP contribution in [0.1, 0.15) is 13.8 Å². The van der Waals surface area contributed by atoms with Crippen molar-refractivity contribution in [3.8, 4) is 0 Å². The second-order valence-electron chi connectivity index (χ2n) is 3.44. The Labute approximate surface area is 83.6 Å². The molecular weight excluding hydrogens is 184 g/mol. The average molecular weight is 200 g/mol. The fourth-order valence-electron chi connectivity index (χ4n) is 1.44. The number of hydrazine groups is 2. The van der Waals surface area contributed by atoms with Crippen molar-refractivity contribution in [1.82, 2.24) is 20.0 Å². The minimum atomic E-state index is -0.0254. The maximum absolute atomic E-state index is 11.2. The van der Waals surface area contributed by atoms with E-state index >= 15 is 0 Å². The number of carbonyl (C=O) groups excluding carboxylic acids is 2. The van der Waals surface area contributed by atoms with Crippen molar-refractivity contribution in [3.63, 3.8) is 0 Å². The predicted octanol–water partition coefficient (Wildman–Crippen LogP) is -0.694. The highest BCUT2D eigenvalue weighted by Gasteiger charge is 2.28. The van der Waals surface area contributed by atoms with Crippen LogP contribution in [0.3, 0.4) is 0 Å². The largest absolute Gasteiger partial charge is 0.274 e. The monoisotopic (exact) mass is 200 g/mol. The summed E-state index contributed by atoms with van der Waals surface area (Å²) >= 11 is 0. The van der Waals surface area contributed by atoms with E-state index in [0.29, 0.717) is 13.3 Å². The lowest BCUT2D eigenvalue weighted by Gasteiger charge is -2.45. The van der Waals surface area contributed by atoms with E-state index in [-0.39, 0.29) is 11.8 Å². The molecule has 6 nitrogen and oxygen atoms in total. The van der Waals surface area contributed by atoms with Gasteiger partial charge in [0.15, 0.2) is 0 Å². The Bertz CT molecular complexity index is 230.